The van der Waals surface area contributed by atoms with Crippen LogP contribution in [0.2, 0.25) is 0 Å². The molecule has 0 saturated carbocycles. The van der Waals surface area contributed by atoms with Crippen LogP contribution in [0.3, 0.4) is 0 Å². The standard InChI is InChI=1S/C16H12N2O3/c1-11(19)21-17-15-13-9-5-6-10-14(13)18(16(15)20)12-7-3-2-4-8-12/h2-10H,1H3/b17-15+. The lowest BCUT2D eigenvalue weighted by atomic mass is 10.1. The number of para-hydroxylation sites is 2. The molecule has 0 aromatic heterocycles. The summed E-state index contributed by atoms with van der Waals surface area (Å²) in [5, 5.41) is 3.70. The van der Waals surface area contributed by atoms with Crippen LogP contribution in [-0.4, -0.2) is 17.6 Å². The molecule has 1 aliphatic rings. The van der Waals surface area contributed by atoms with Crippen molar-refractivity contribution in [2.75, 3.05) is 4.90 Å². The molecule has 0 N–H and O–H groups in total. The molecule has 5 heteroatoms. The number of rotatable bonds is 2. The van der Waals surface area contributed by atoms with Gasteiger partial charge >= 0.3 is 5.97 Å². The van der Waals surface area contributed by atoms with Gasteiger partial charge in [-0.3, -0.25) is 9.69 Å². The summed E-state index contributed by atoms with van der Waals surface area (Å²) < 4.78 is 0. The van der Waals surface area contributed by atoms with E-state index in [4.69, 9.17) is 0 Å². The molecule has 104 valence electrons. The largest absolute Gasteiger partial charge is 0.332 e. The average molecular weight is 280 g/mol. The Bertz CT molecular complexity index is 738. The molecule has 0 fully saturated rings. The van der Waals surface area contributed by atoms with Crippen molar-refractivity contribution in [1.29, 1.82) is 0 Å². The predicted molar refractivity (Wildman–Crippen MR) is 78.3 cm³/mol. The Hall–Kier alpha value is -2.95. The smallest absolute Gasteiger partial charge is 0.318 e. The van der Waals surface area contributed by atoms with E-state index in [-0.39, 0.29) is 11.6 Å². The summed E-state index contributed by atoms with van der Waals surface area (Å²) in [4.78, 5) is 29.7. The highest BCUT2D eigenvalue weighted by Crippen LogP contribution is 2.35. The van der Waals surface area contributed by atoms with Crippen molar-refractivity contribution in [3.63, 3.8) is 0 Å². The lowest BCUT2D eigenvalue weighted by Crippen LogP contribution is -2.25. The Labute approximate surface area is 121 Å². The van der Waals surface area contributed by atoms with Gasteiger partial charge in [0.15, 0.2) is 5.71 Å². The number of hydrogen-bond donors (Lipinski definition) is 0. The molecule has 0 saturated heterocycles. The number of oxime groups is 1. The van der Waals surface area contributed by atoms with Gasteiger partial charge in [0.1, 0.15) is 0 Å². The molecule has 0 unspecified atom stereocenters. The van der Waals surface area contributed by atoms with Crippen molar-refractivity contribution in [3.05, 3.63) is 60.2 Å². The van der Waals surface area contributed by atoms with Crippen molar-refractivity contribution < 1.29 is 14.4 Å². The zero-order valence-electron chi connectivity index (χ0n) is 11.3. The van der Waals surface area contributed by atoms with Crippen molar-refractivity contribution in [3.8, 4) is 0 Å². The van der Waals surface area contributed by atoms with E-state index < -0.39 is 5.97 Å². The Morgan fingerprint density at radius 1 is 1.05 bits per heavy atom. The van der Waals surface area contributed by atoms with Gasteiger partial charge in [0.25, 0.3) is 5.91 Å². The van der Waals surface area contributed by atoms with Gasteiger partial charge in [-0.1, -0.05) is 41.6 Å². The predicted octanol–water partition coefficient (Wildman–Crippen LogP) is 2.63. The van der Waals surface area contributed by atoms with Crippen LogP contribution in [0.25, 0.3) is 0 Å². The third kappa shape index (κ3) is 2.29. The number of carbonyl (C=O) groups is 2. The van der Waals surface area contributed by atoms with Gasteiger partial charge in [-0.05, 0) is 18.2 Å². The van der Waals surface area contributed by atoms with Crippen LogP contribution >= 0.6 is 0 Å². The molecule has 1 amide bonds. The van der Waals surface area contributed by atoms with Crippen LogP contribution in [0.15, 0.2) is 59.8 Å². The summed E-state index contributed by atoms with van der Waals surface area (Å²) in [5.74, 6) is -0.880. The summed E-state index contributed by atoms with van der Waals surface area (Å²) in [7, 11) is 0. The summed E-state index contributed by atoms with van der Waals surface area (Å²) >= 11 is 0. The molecule has 0 aliphatic carbocycles. The summed E-state index contributed by atoms with van der Waals surface area (Å²) in [6.45, 7) is 1.24. The summed E-state index contributed by atoms with van der Waals surface area (Å²) in [6.07, 6.45) is 0. The van der Waals surface area contributed by atoms with Crippen LogP contribution in [0.5, 0.6) is 0 Å². The monoisotopic (exact) mass is 280 g/mol. The number of hydrogen-bond acceptors (Lipinski definition) is 4. The molecule has 0 bridgehead atoms. The van der Waals surface area contributed by atoms with E-state index in [9.17, 15) is 9.59 Å². The van der Waals surface area contributed by atoms with Gasteiger partial charge in [0, 0.05) is 18.2 Å². The molecule has 0 atom stereocenters. The zero-order valence-corrected chi connectivity index (χ0v) is 11.3. The minimum atomic E-state index is -0.564. The number of fused-ring (bicyclic) bond motifs is 1. The number of anilines is 2. The second kappa shape index (κ2) is 5.20. The topological polar surface area (TPSA) is 59.0 Å². The minimum Gasteiger partial charge on any atom is -0.318 e. The fourth-order valence-corrected chi connectivity index (χ4v) is 2.23. The summed E-state index contributed by atoms with van der Waals surface area (Å²) in [5.41, 5.74) is 2.24. The normalized spacial score (nSPS) is 15.2. The maximum Gasteiger partial charge on any atom is 0.332 e. The maximum atomic E-state index is 12.6. The van der Waals surface area contributed by atoms with Crippen LogP contribution in [0, 0.1) is 0 Å². The Kier molecular flexibility index (Phi) is 3.23. The van der Waals surface area contributed by atoms with Crippen molar-refractivity contribution in [2.24, 2.45) is 5.16 Å². The summed E-state index contributed by atoms with van der Waals surface area (Å²) in [6, 6.07) is 16.5. The quantitative estimate of drug-likeness (QED) is 0.627. The van der Waals surface area contributed by atoms with E-state index in [0.29, 0.717) is 5.56 Å². The van der Waals surface area contributed by atoms with E-state index in [2.05, 4.69) is 9.99 Å². The molecule has 1 aliphatic heterocycles. The van der Waals surface area contributed by atoms with Gasteiger partial charge in [0.05, 0.1) is 5.69 Å². The fraction of sp³-hybridized carbons (Fsp3) is 0.0625. The molecule has 1 heterocycles. The van der Waals surface area contributed by atoms with Gasteiger partial charge in [-0.25, -0.2) is 4.79 Å². The zero-order chi connectivity index (χ0) is 14.8. The Morgan fingerprint density at radius 2 is 1.71 bits per heavy atom. The lowest BCUT2D eigenvalue weighted by Gasteiger charge is -2.16. The first-order valence-corrected chi connectivity index (χ1v) is 6.43. The third-order valence-corrected chi connectivity index (χ3v) is 3.09. The first-order valence-electron chi connectivity index (χ1n) is 6.43. The number of benzene rings is 2. The first-order chi connectivity index (χ1) is 10.2. The van der Waals surface area contributed by atoms with Crippen molar-refractivity contribution in [2.45, 2.75) is 6.92 Å². The first kappa shape index (κ1) is 13.1. The van der Waals surface area contributed by atoms with Crippen LogP contribution < -0.4 is 4.90 Å². The fourth-order valence-electron chi connectivity index (χ4n) is 2.23. The Balaban J connectivity index is 2.11. The maximum absolute atomic E-state index is 12.6. The van der Waals surface area contributed by atoms with Crippen LogP contribution in [0.4, 0.5) is 11.4 Å². The van der Waals surface area contributed by atoms with E-state index in [1.165, 1.54) is 6.92 Å². The SMILES string of the molecule is CC(=O)O/N=C1/C(=O)N(c2ccccc2)c2ccccc21. The van der Waals surface area contributed by atoms with Crippen molar-refractivity contribution in [1.82, 2.24) is 0 Å². The minimum absolute atomic E-state index is 0.129. The van der Waals surface area contributed by atoms with Gasteiger partial charge in [-0.2, -0.15) is 0 Å². The van der Waals surface area contributed by atoms with Gasteiger partial charge in [0.2, 0.25) is 0 Å². The highest BCUT2D eigenvalue weighted by Gasteiger charge is 2.35. The molecular weight excluding hydrogens is 268 g/mol. The second-order valence-corrected chi connectivity index (χ2v) is 4.52. The van der Waals surface area contributed by atoms with Gasteiger partial charge < -0.3 is 4.84 Å². The number of carbonyl (C=O) groups excluding carboxylic acids is 2. The average Bonchev–Trinajstić information content (AvgIpc) is 2.78. The third-order valence-electron chi connectivity index (χ3n) is 3.09. The van der Waals surface area contributed by atoms with E-state index in [1.807, 2.05) is 48.5 Å². The van der Waals surface area contributed by atoms with Crippen LogP contribution in [0.1, 0.15) is 12.5 Å². The lowest BCUT2D eigenvalue weighted by molar-refractivity contribution is -0.140. The molecule has 5 nitrogen and oxygen atoms in total. The molecule has 0 spiro atoms. The Morgan fingerprint density at radius 3 is 2.43 bits per heavy atom. The second-order valence-electron chi connectivity index (χ2n) is 4.52. The number of amides is 1. The molecule has 3 rings (SSSR count). The molecule has 21 heavy (non-hydrogen) atoms. The van der Waals surface area contributed by atoms with E-state index >= 15 is 0 Å². The van der Waals surface area contributed by atoms with Gasteiger partial charge in [-0.15, -0.1) is 0 Å². The van der Waals surface area contributed by atoms with E-state index in [1.54, 1.807) is 11.0 Å². The van der Waals surface area contributed by atoms with E-state index in [0.717, 1.165) is 11.4 Å². The highest BCUT2D eigenvalue weighted by molar-refractivity contribution is 6.55. The molecule has 2 aromatic rings. The molecule has 2 aromatic carbocycles. The van der Waals surface area contributed by atoms with Crippen molar-refractivity contribution >= 4 is 29.0 Å². The molecule has 0 radical (unpaired) electrons. The number of nitrogens with zero attached hydrogens (tertiary/aromatic N) is 2. The van der Waals surface area contributed by atoms with Crippen LogP contribution in [-0.2, 0) is 14.4 Å². The highest BCUT2D eigenvalue weighted by atomic mass is 16.7. The molecular formula is C16H12N2O3.